The van der Waals surface area contributed by atoms with Gasteiger partial charge in [0.05, 0.1) is 18.4 Å². The van der Waals surface area contributed by atoms with Crippen LogP contribution in [0.2, 0.25) is 0 Å². The highest BCUT2D eigenvalue weighted by atomic mass is 19.1. The third-order valence-electron chi connectivity index (χ3n) is 4.91. The molecule has 0 bridgehead atoms. The van der Waals surface area contributed by atoms with Gasteiger partial charge in [0.2, 0.25) is 5.89 Å². The predicted molar refractivity (Wildman–Crippen MR) is 87.9 cm³/mol. The first kappa shape index (κ1) is 15.7. The summed E-state index contributed by atoms with van der Waals surface area (Å²) in [5.74, 6) is 0.280. The minimum atomic E-state index is -0.258. The number of benzene rings is 1. The van der Waals surface area contributed by atoms with Gasteiger partial charge in [-0.15, -0.1) is 0 Å². The van der Waals surface area contributed by atoms with E-state index in [1.165, 1.54) is 12.1 Å². The Bertz CT molecular complexity index is 688. The number of halogens is 1. The van der Waals surface area contributed by atoms with Crippen LogP contribution in [0.25, 0.3) is 11.5 Å². The Morgan fingerprint density at radius 3 is 2.92 bits per heavy atom. The molecule has 2 aliphatic rings. The van der Waals surface area contributed by atoms with E-state index in [2.05, 4.69) is 21.8 Å². The Morgan fingerprint density at radius 1 is 1.25 bits per heavy atom. The molecule has 5 nitrogen and oxygen atoms in total. The zero-order valence-electron chi connectivity index (χ0n) is 13.8. The molecule has 0 saturated carbocycles. The highest BCUT2D eigenvalue weighted by Gasteiger charge is 2.36. The second-order valence-corrected chi connectivity index (χ2v) is 6.65. The fourth-order valence-corrected chi connectivity index (χ4v) is 3.61. The van der Waals surface area contributed by atoms with E-state index in [0.29, 0.717) is 18.0 Å². The normalized spacial score (nSPS) is 25.6. The van der Waals surface area contributed by atoms with Crippen LogP contribution in [0.5, 0.6) is 0 Å². The molecule has 4 rings (SSSR count). The van der Waals surface area contributed by atoms with Crippen LogP contribution < -0.4 is 0 Å². The first-order valence-electron chi connectivity index (χ1n) is 8.43. The van der Waals surface area contributed by atoms with Crippen molar-refractivity contribution in [3.63, 3.8) is 0 Å². The van der Waals surface area contributed by atoms with Crippen LogP contribution in [0.15, 0.2) is 34.9 Å². The van der Waals surface area contributed by atoms with Crippen LogP contribution in [0, 0.1) is 5.82 Å². The molecule has 1 aromatic carbocycles. The lowest BCUT2D eigenvalue weighted by atomic mass is 9.99. The number of piperidine rings is 1. The predicted octanol–water partition coefficient (Wildman–Crippen LogP) is 2.39. The van der Waals surface area contributed by atoms with Crippen LogP contribution in [0.1, 0.15) is 12.1 Å². The van der Waals surface area contributed by atoms with Gasteiger partial charge in [0, 0.05) is 37.8 Å². The molecule has 0 N–H and O–H groups in total. The third kappa shape index (κ3) is 3.22. The number of rotatable bonds is 3. The maximum absolute atomic E-state index is 13.0. The number of aromatic nitrogens is 1. The number of hydrogen-bond acceptors (Lipinski definition) is 5. The van der Waals surface area contributed by atoms with Crippen molar-refractivity contribution in [3.05, 3.63) is 42.0 Å². The summed E-state index contributed by atoms with van der Waals surface area (Å²) < 4.78 is 24.6. The maximum atomic E-state index is 13.0. The van der Waals surface area contributed by atoms with Gasteiger partial charge in [-0.2, -0.15) is 0 Å². The molecule has 24 heavy (non-hydrogen) atoms. The van der Waals surface area contributed by atoms with Gasteiger partial charge in [-0.25, -0.2) is 9.37 Å². The Labute approximate surface area is 141 Å². The van der Waals surface area contributed by atoms with Crippen molar-refractivity contribution in [1.29, 1.82) is 0 Å². The molecule has 3 heterocycles. The van der Waals surface area contributed by atoms with E-state index >= 15 is 0 Å². The number of likely N-dealkylation sites (N-methyl/N-ethyl adjacent to an activating group) is 1. The van der Waals surface area contributed by atoms with Crippen molar-refractivity contribution >= 4 is 0 Å². The SMILES string of the molecule is CN1CC[C@H]2OCCN(Cc3coc(-c4ccc(F)cc4)n3)[C@H]2C1. The summed E-state index contributed by atoms with van der Waals surface area (Å²) in [5, 5.41) is 0. The lowest BCUT2D eigenvalue weighted by Gasteiger charge is -2.46. The van der Waals surface area contributed by atoms with Gasteiger partial charge in [0.1, 0.15) is 12.1 Å². The number of nitrogens with zero attached hydrogens (tertiary/aromatic N) is 3. The van der Waals surface area contributed by atoms with Crippen LogP contribution in [-0.2, 0) is 11.3 Å². The maximum Gasteiger partial charge on any atom is 0.226 e. The van der Waals surface area contributed by atoms with Crippen LogP contribution in [-0.4, -0.2) is 60.2 Å². The molecule has 2 fully saturated rings. The first-order valence-corrected chi connectivity index (χ1v) is 8.43. The van der Waals surface area contributed by atoms with E-state index in [1.54, 1.807) is 18.4 Å². The lowest BCUT2D eigenvalue weighted by Crippen LogP contribution is -2.58. The van der Waals surface area contributed by atoms with Crippen LogP contribution in [0.3, 0.4) is 0 Å². The monoisotopic (exact) mass is 331 g/mol. The second kappa shape index (κ2) is 6.63. The van der Waals surface area contributed by atoms with E-state index in [0.717, 1.165) is 50.5 Å². The van der Waals surface area contributed by atoms with E-state index in [-0.39, 0.29) is 5.82 Å². The Hall–Kier alpha value is -1.76. The molecule has 2 aliphatic heterocycles. The van der Waals surface area contributed by atoms with Gasteiger partial charge in [-0.3, -0.25) is 4.90 Å². The molecule has 128 valence electrons. The summed E-state index contributed by atoms with van der Waals surface area (Å²) in [6.07, 6.45) is 3.10. The Morgan fingerprint density at radius 2 is 2.08 bits per heavy atom. The molecule has 2 atom stereocenters. The smallest absolute Gasteiger partial charge is 0.226 e. The number of hydrogen-bond donors (Lipinski definition) is 0. The van der Waals surface area contributed by atoms with Crippen molar-refractivity contribution in [1.82, 2.24) is 14.8 Å². The molecule has 1 aromatic heterocycles. The molecule has 2 saturated heterocycles. The summed E-state index contributed by atoms with van der Waals surface area (Å²) in [4.78, 5) is 9.37. The number of likely N-dealkylation sites (tertiary alicyclic amines) is 1. The Kier molecular flexibility index (Phi) is 4.35. The van der Waals surface area contributed by atoms with Crippen LogP contribution >= 0.6 is 0 Å². The van der Waals surface area contributed by atoms with Gasteiger partial charge in [0.25, 0.3) is 0 Å². The standard InChI is InChI=1S/C18H22FN3O2/c1-21-7-6-17-16(11-21)22(8-9-23-17)10-15-12-24-18(20-15)13-2-4-14(19)5-3-13/h2-5,12,16-17H,6-11H2,1H3/t16-,17+/m0/s1. The molecular formula is C18H22FN3O2. The fourth-order valence-electron chi connectivity index (χ4n) is 3.61. The topological polar surface area (TPSA) is 41.7 Å². The highest BCUT2D eigenvalue weighted by molar-refractivity contribution is 5.52. The number of oxazole rings is 1. The molecular weight excluding hydrogens is 309 g/mol. The third-order valence-corrected chi connectivity index (χ3v) is 4.91. The van der Waals surface area contributed by atoms with E-state index in [4.69, 9.17) is 9.15 Å². The minimum absolute atomic E-state index is 0.258. The minimum Gasteiger partial charge on any atom is -0.444 e. The zero-order chi connectivity index (χ0) is 16.5. The van der Waals surface area contributed by atoms with E-state index in [9.17, 15) is 4.39 Å². The number of fused-ring (bicyclic) bond motifs is 1. The summed E-state index contributed by atoms with van der Waals surface area (Å²) in [7, 11) is 2.16. The van der Waals surface area contributed by atoms with Crippen molar-refractivity contribution in [2.45, 2.75) is 25.1 Å². The van der Waals surface area contributed by atoms with Gasteiger partial charge < -0.3 is 14.1 Å². The van der Waals surface area contributed by atoms with Gasteiger partial charge in [-0.05, 0) is 37.7 Å². The lowest BCUT2D eigenvalue weighted by molar-refractivity contribution is -0.103. The molecule has 0 aliphatic carbocycles. The molecule has 6 heteroatoms. The fraction of sp³-hybridized carbons (Fsp3) is 0.500. The highest BCUT2D eigenvalue weighted by Crippen LogP contribution is 2.25. The van der Waals surface area contributed by atoms with Crippen molar-refractivity contribution in [3.8, 4) is 11.5 Å². The second-order valence-electron chi connectivity index (χ2n) is 6.65. The van der Waals surface area contributed by atoms with Crippen LogP contribution in [0.4, 0.5) is 4.39 Å². The first-order chi connectivity index (χ1) is 11.7. The average molecular weight is 331 g/mol. The van der Waals surface area contributed by atoms with E-state index < -0.39 is 0 Å². The van der Waals surface area contributed by atoms with Crippen molar-refractivity contribution in [2.75, 3.05) is 33.3 Å². The van der Waals surface area contributed by atoms with Gasteiger partial charge in [-0.1, -0.05) is 0 Å². The zero-order valence-corrected chi connectivity index (χ0v) is 13.8. The van der Waals surface area contributed by atoms with E-state index in [1.807, 2.05) is 0 Å². The molecule has 2 aromatic rings. The molecule has 0 spiro atoms. The van der Waals surface area contributed by atoms with Gasteiger partial charge in [0.15, 0.2) is 0 Å². The van der Waals surface area contributed by atoms with Crippen molar-refractivity contribution < 1.29 is 13.5 Å². The summed E-state index contributed by atoms with van der Waals surface area (Å²) in [6, 6.07) is 6.62. The molecule has 0 radical (unpaired) electrons. The molecule has 0 amide bonds. The summed E-state index contributed by atoms with van der Waals surface area (Å²) in [6.45, 7) is 4.55. The van der Waals surface area contributed by atoms with Crippen molar-refractivity contribution in [2.24, 2.45) is 0 Å². The average Bonchev–Trinajstić information content (AvgIpc) is 3.05. The summed E-state index contributed by atoms with van der Waals surface area (Å²) in [5.41, 5.74) is 1.70. The summed E-state index contributed by atoms with van der Waals surface area (Å²) >= 11 is 0. The quantitative estimate of drug-likeness (QED) is 0.864. The Balaban J connectivity index is 1.48. The molecule has 0 unspecified atom stereocenters. The number of morpholine rings is 1. The van der Waals surface area contributed by atoms with Gasteiger partial charge >= 0.3 is 0 Å². The number of ether oxygens (including phenoxy) is 1. The largest absolute Gasteiger partial charge is 0.444 e.